The van der Waals surface area contributed by atoms with Crippen molar-refractivity contribution in [2.24, 2.45) is 0 Å². The van der Waals surface area contributed by atoms with Gasteiger partial charge in [0.1, 0.15) is 6.54 Å². The van der Waals surface area contributed by atoms with Gasteiger partial charge in [-0.25, -0.2) is 0 Å². The fraction of sp³-hybridized carbons (Fsp3) is 0.778. The van der Waals surface area contributed by atoms with Crippen molar-refractivity contribution in [1.29, 1.82) is 0 Å². The molecule has 0 radical (unpaired) electrons. The second kappa shape index (κ2) is 16.1. The van der Waals surface area contributed by atoms with E-state index in [0.717, 1.165) is 25.7 Å². The number of aliphatic carboxylic acids is 1. The van der Waals surface area contributed by atoms with Crippen molar-refractivity contribution in [3.05, 3.63) is 12.2 Å². The van der Waals surface area contributed by atoms with Gasteiger partial charge in [-0.1, -0.05) is 57.6 Å². The molecule has 4 heteroatoms. The number of carboxylic acids is 1. The quantitative estimate of drug-likeness (QED) is 0.347. The number of nitrogens with one attached hydrogen (secondary N) is 1. The van der Waals surface area contributed by atoms with Crippen molar-refractivity contribution in [1.82, 2.24) is 5.32 Å². The SMILES string of the molecule is CCCCCCC=CCCCCCCCC(=O)NCC(=O)O. The summed E-state index contributed by atoms with van der Waals surface area (Å²) < 4.78 is 0. The van der Waals surface area contributed by atoms with E-state index >= 15 is 0 Å². The molecule has 0 atom stereocenters. The number of carboxylic acid groups (broad SMARTS) is 1. The van der Waals surface area contributed by atoms with Gasteiger partial charge in [0.15, 0.2) is 0 Å². The highest BCUT2D eigenvalue weighted by atomic mass is 16.4. The molecule has 0 heterocycles. The van der Waals surface area contributed by atoms with Crippen molar-refractivity contribution in [3.63, 3.8) is 0 Å². The summed E-state index contributed by atoms with van der Waals surface area (Å²) in [4.78, 5) is 21.5. The van der Waals surface area contributed by atoms with Gasteiger partial charge in [-0.3, -0.25) is 9.59 Å². The van der Waals surface area contributed by atoms with Crippen molar-refractivity contribution in [2.75, 3.05) is 6.54 Å². The Bertz CT molecular complexity index is 313. The van der Waals surface area contributed by atoms with Crippen LogP contribution in [0.1, 0.15) is 84.0 Å². The summed E-state index contributed by atoms with van der Waals surface area (Å²) in [7, 11) is 0. The van der Waals surface area contributed by atoms with Gasteiger partial charge in [0.2, 0.25) is 5.91 Å². The molecule has 0 saturated carbocycles. The molecular weight excluding hydrogens is 278 g/mol. The monoisotopic (exact) mass is 311 g/mol. The van der Waals surface area contributed by atoms with Crippen molar-refractivity contribution < 1.29 is 14.7 Å². The molecule has 0 bridgehead atoms. The molecule has 4 nitrogen and oxygen atoms in total. The van der Waals surface area contributed by atoms with E-state index in [-0.39, 0.29) is 12.5 Å². The lowest BCUT2D eigenvalue weighted by Crippen LogP contribution is -2.28. The van der Waals surface area contributed by atoms with Crippen LogP contribution in [-0.4, -0.2) is 23.5 Å². The molecule has 0 aliphatic rings. The second-order valence-electron chi connectivity index (χ2n) is 5.80. The van der Waals surface area contributed by atoms with Crippen LogP contribution in [0.2, 0.25) is 0 Å². The highest BCUT2D eigenvalue weighted by Gasteiger charge is 2.02. The first kappa shape index (κ1) is 20.7. The molecule has 0 spiro atoms. The molecule has 1 amide bonds. The summed E-state index contributed by atoms with van der Waals surface area (Å²) in [5.41, 5.74) is 0. The topological polar surface area (TPSA) is 66.4 Å². The maximum absolute atomic E-state index is 11.3. The number of allylic oxidation sites excluding steroid dienone is 2. The molecule has 0 aliphatic carbocycles. The second-order valence-corrected chi connectivity index (χ2v) is 5.80. The largest absolute Gasteiger partial charge is 0.480 e. The first-order valence-electron chi connectivity index (χ1n) is 8.80. The van der Waals surface area contributed by atoms with Gasteiger partial charge in [0.25, 0.3) is 0 Å². The highest BCUT2D eigenvalue weighted by molar-refractivity contribution is 5.80. The predicted molar refractivity (Wildman–Crippen MR) is 90.9 cm³/mol. The molecule has 0 rings (SSSR count). The number of carbonyl (C=O) groups excluding carboxylic acids is 1. The highest BCUT2D eigenvalue weighted by Crippen LogP contribution is 2.08. The molecule has 0 unspecified atom stereocenters. The van der Waals surface area contributed by atoms with Gasteiger partial charge in [-0.2, -0.15) is 0 Å². The number of carbonyl (C=O) groups is 2. The average Bonchev–Trinajstić information content (AvgIpc) is 2.49. The third-order valence-electron chi connectivity index (χ3n) is 3.60. The molecule has 0 saturated heterocycles. The van der Waals surface area contributed by atoms with E-state index < -0.39 is 5.97 Å². The minimum Gasteiger partial charge on any atom is -0.480 e. The Morgan fingerprint density at radius 3 is 2.00 bits per heavy atom. The van der Waals surface area contributed by atoms with Crippen LogP contribution in [-0.2, 0) is 9.59 Å². The first-order valence-corrected chi connectivity index (χ1v) is 8.80. The van der Waals surface area contributed by atoms with E-state index in [1.54, 1.807) is 0 Å². The zero-order chi connectivity index (χ0) is 16.5. The Labute approximate surface area is 135 Å². The van der Waals surface area contributed by atoms with Gasteiger partial charge in [0, 0.05) is 6.42 Å². The molecule has 0 aromatic rings. The van der Waals surface area contributed by atoms with Crippen LogP contribution in [0.3, 0.4) is 0 Å². The molecule has 128 valence electrons. The summed E-state index contributed by atoms with van der Waals surface area (Å²) in [6.07, 6.45) is 18.2. The molecule has 0 aliphatic heterocycles. The Hall–Kier alpha value is -1.32. The Kier molecular flexibility index (Phi) is 15.1. The maximum Gasteiger partial charge on any atom is 0.322 e. The van der Waals surface area contributed by atoms with E-state index in [1.165, 1.54) is 44.9 Å². The van der Waals surface area contributed by atoms with E-state index in [1.807, 2.05) is 0 Å². The lowest BCUT2D eigenvalue weighted by Gasteiger charge is -2.02. The molecule has 0 aromatic heterocycles. The predicted octanol–water partition coefficient (Wildman–Crippen LogP) is 4.44. The summed E-state index contributed by atoms with van der Waals surface area (Å²) in [6, 6.07) is 0. The number of hydrogen-bond acceptors (Lipinski definition) is 2. The van der Waals surface area contributed by atoms with Crippen LogP contribution in [0.25, 0.3) is 0 Å². The van der Waals surface area contributed by atoms with Crippen LogP contribution in [0.5, 0.6) is 0 Å². The zero-order valence-electron chi connectivity index (χ0n) is 14.1. The van der Waals surface area contributed by atoms with Gasteiger partial charge in [-0.15, -0.1) is 0 Å². The summed E-state index contributed by atoms with van der Waals surface area (Å²) in [5, 5.41) is 10.8. The number of unbranched alkanes of at least 4 members (excludes halogenated alkanes) is 9. The minimum atomic E-state index is -0.994. The van der Waals surface area contributed by atoms with Gasteiger partial charge in [-0.05, 0) is 32.1 Å². The molecule has 2 N–H and O–H groups in total. The lowest BCUT2D eigenvalue weighted by atomic mass is 10.1. The summed E-state index contributed by atoms with van der Waals surface area (Å²) in [5.74, 6) is -1.15. The van der Waals surface area contributed by atoms with Gasteiger partial charge >= 0.3 is 5.97 Å². The Balaban J connectivity index is 3.21. The third-order valence-corrected chi connectivity index (χ3v) is 3.60. The van der Waals surface area contributed by atoms with E-state index in [0.29, 0.717) is 6.42 Å². The van der Waals surface area contributed by atoms with Gasteiger partial charge < -0.3 is 10.4 Å². The van der Waals surface area contributed by atoms with Crippen LogP contribution < -0.4 is 5.32 Å². The normalized spacial score (nSPS) is 11.0. The third kappa shape index (κ3) is 16.7. The van der Waals surface area contributed by atoms with Gasteiger partial charge in [0.05, 0.1) is 0 Å². The summed E-state index contributed by atoms with van der Waals surface area (Å²) in [6.45, 7) is 1.96. The maximum atomic E-state index is 11.3. The zero-order valence-corrected chi connectivity index (χ0v) is 14.1. The molecule has 22 heavy (non-hydrogen) atoms. The fourth-order valence-corrected chi connectivity index (χ4v) is 2.27. The lowest BCUT2D eigenvalue weighted by molar-refractivity contribution is -0.137. The smallest absolute Gasteiger partial charge is 0.322 e. The average molecular weight is 311 g/mol. The van der Waals surface area contributed by atoms with Crippen LogP contribution in [0.15, 0.2) is 12.2 Å². The van der Waals surface area contributed by atoms with E-state index in [2.05, 4.69) is 24.4 Å². The molecule has 0 aromatic carbocycles. The minimum absolute atomic E-state index is 0.159. The standard InChI is InChI=1S/C18H33NO3/c1-2-3-4-5-6-7-8-9-10-11-12-13-14-15-17(20)19-16-18(21)22/h7-8H,2-6,9-16H2,1H3,(H,19,20)(H,21,22). The van der Waals surface area contributed by atoms with Crippen molar-refractivity contribution in [2.45, 2.75) is 84.0 Å². The van der Waals surface area contributed by atoms with Crippen molar-refractivity contribution >= 4 is 11.9 Å². The summed E-state index contributed by atoms with van der Waals surface area (Å²) >= 11 is 0. The Morgan fingerprint density at radius 2 is 1.41 bits per heavy atom. The van der Waals surface area contributed by atoms with Crippen molar-refractivity contribution in [3.8, 4) is 0 Å². The fourth-order valence-electron chi connectivity index (χ4n) is 2.27. The number of hydrogen-bond donors (Lipinski definition) is 2. The number of rotatable bonds is 15. The molecular formula is C18H33NO3. The van der Waals surface area contributed by atoms with Crippen LogP contribution in [0, 0.1) is 0 Å². The Morgan fingerprint density at radius 1 is 0.864 bits per heavy atom. The van der Waals surface area contributed by atoms with E-state index in [4.69, 9.17) is 5.11 Å². The van der Waals surface area contributed by atoms with E-state index in [9.17, 15) is 9.59 Å². The number of amides is 1. The molecule has 0 fully saturated rings. The van der Waals surface area contributed by atoms with Crippen LogP contribution in [0.4, 0.5) is 0 Å². The van der Waals surface area contributed by atoms with Crippen LogP contribution >= 0.6 is 0 Å². The first-order chi connectivity index (χ1) is 10.7.